The third kappa shape index (κ3) is 4.74. The standard InChI is InChI=1S/C24H28N4O5S/c1-31-19-5-3-2-4-17(19)26-23(30)28-10-8-24(9-11-28)27-18(14-34-24)22(29)25-13-16-6-7-20-21(12-16)33-15-32-20/h2-7,12,18,27H,8-11,13-15H2,1H3,(H,25,29)(H,26,30). The molecule has 10 heteroatoms. The first-order valence-electron chi connectivity index (χ1n) is 11.3. The van der Waals surface area contributed by atoms with E-state index in [9.17, 15) is 9.59 Å². The molecular formula is C24H28N4O5S. The Labute approximate surface area is 202 Å². The molecule has 5 rings (SSSR count). The van der Waals surface area contributed by atoms with Crippen LogP contribution >= 0.6 is 11.8 Å². The number of nitrogens with one attached hydrogen (secondary N) is 3. The Morgan fingerprint density at radius 1 is 1.18 bits per heavy atom. The molecule has 9 nitrogen and oxygen atoms in total. The highest BCUT2D eigenvalue weighted by molar-refractivity contribution is 8.01. The van der Waals surface area contributed by atoms with Crippen LogP contribution in [0, 0.1) is 0 Å². The van der Waals surface area contributed by atoms with E-state index in [1.807, 2.05) is 47.4 Å². The molecule has 3 N–H and O–H groups in total. The zero-order chi connectivity index (χ0) is 23.5. The lowest BCUT2D eigenvalue weighted by atomic mass is 10.0. The number of ether oxygens (including phenoxy) is 3. The maximum atomic E-state index is 12.8. The number of hydrogen-bond donors (Lipinski definition) is 3. The maximum absolute atomic E-state index is 12.8. The highest BCUT2D eigenvalue weighted by atomic mass is 32.2. The fraction of sp³-hybridized carbons (Fsp3) is 0.417. The number of piperidine rings is 1. The zero-order valence-corrected chi connectivity index (χ0v) is 19.8. The number of para-hydroxylation sites is 2. The van der Waals surface area contributed by atoms with Crippen molar-refractivity contribution < 1.29 is 23.8 Å². The number of hydrogen-bond acceptors (Lipinski definition) is 7. The van der Waals surface area contributed by atoms with Crippen LogP contribution in [-0.4, -0.2) is 60.5 Å². The summed E-state index contributed by atoms with van der Waals surface area (Å²) in [5, 5.41) is 9.50. The fourth-order valence-electron chi connectivity index (χ4n) is 4.45. The predicted octanol–water partition coefficient (Wildman–Crippen LogP) is 2.77. The van der Waals surface area contributed by atoms with Gasteiger partial charge in [-0.25, -0.2) is 4.79 Å². The third-order valence-corrected chi connectivity index (χ3v) is 7.97. The van der Waals surface area contributed by atoms with Crippen molar-refractivity contribution in [1.29, 1.82) is 0 Å². The number of urea groups is 1. The van der Waals surface area contributed by atoms with E-state index in [1.54, 1.807) is 18.9 Å². The topological polar surface area (TPSA) is 101 Å². The first-order chi connectivity index (χ1) is 16.5. The Morgan fingerprint density at radius 3 is 2.79 bits per heavy atom. The Kier molecular flexibility index (Phi) is 6.42. The molecule has 0 aromatic heterocycles. The number of methoxy groups -OCH3 is 1. The van der Waals surface area contributed by atoms with E-state index in [4.69, 9.17) is 14.2 Å². The molecule has 2 saturated heterocycles. The Hall–Kier alpha value is -3.11. The van der Waals surface area contributed by atoms with Gasteiger partial charge in [-0.05, 0) is 42.7 Å². The summed E-state index contributed by atoms with van der Waals surface area (Å²) in [7, 11) is 1.58. The van der Waals surface area contributed by atoms with Crippen molar-refractivity contribution in [3.05, 3.63) is 48.0 Å². The number of amides is 3. The van der Waals surface area contributed by atoms with Gasteiger partial charge in [-0.1, -0.05) is 18.2 Å². The average Bonchev–Trinajstić information content (AvgIpc) is 3.50. The zero-order valence-electron chi connectivity index (χ0n) is 19.0. The Bertz CT molecular complexity index is 1070. The molecule has 1 spiro atoms. The van der Waals surface area contributed by atoms with Crippen molar-refractivity contribution in [1.82, 2.24) is 15.5 Å². The van der Waals surface area contributed by atoms with Crippen molar-refractivity contribution in [2.75, 3.05) is 38.1 Å². The molecule has 2 aromatic rings. The molecule has 1 atom stereocenters. The molecule has 3 heterocycles. The van der Waals surface area contributed by atoms with Crippen LogP contribution in [0.5, 0.6) is 17.2 Å². The van der Waals surface area contributed by atoms with E-state index in [0.717, 1.165) is 24.2 Å². The maximum Gasteiger partial charge on any atom is 0.321 e. The Morgan fingerprint density at radius 2 is 1.97 bits per heavy atom. The summed E-state index contributed by atoms with van der Waals surface area (Å²) >= 11 is 1.78. The number of anilines is 1. The number of nitrogens with zero attached hydrogens (tertiary/aromatic N) is 1. The van der Waals surface area contributed by atoms with Gasteiger partial charge in [0.1, 0.15) is 5.75 Å². The van der Waals surface area contributed by atoms with Gasteiger partial charge in [0, 0.05) is 25.4 Å². The average molecular weight is 485 g/mol. The summed E-state index contributed by atoms with van der Waals surface area (Å²) in [5.74, 6) is 2.77. The van der Waals surface area contributed by atoms with Crippen LogP contribution < -0.4 is 30.2 Å². The van der Waals surface area contributed by atoms with Crippen molar-refractivity contribution >= 4 is 29.4 Å². The molecule has 0 aliphatic carbocycles. The van der Waals surface area contributed by atoms with Gasteiger partial charge in [-0.2, -0.15) is 0 Å². The molecular weight excluding hydrogens is 456 g/mol. The van der Waals surface area contributed by atoms with E-state index in [1.165, 1.54) is 0 Å². The lowest BCUT2D eigenvalue weighted by Gasteiger charge is -2.39. The van der Waals surface area contributed by atoms with Gasteiger partial charge in [-0.15, -0.1) is 11.8 Å². The van der Waals surface area contributed by atoms with Crippen LogP contribution in [0.3, 0.4) is 0 Å². The van der Waals surface area contributed by atoms with Crippen LogP contribution in [-0.2, 0) is 11.3 Å². The smallest absolute Gasteiger partial charge is 0.321 e. The highest BCUT2D eigenvalue weighted by Crippen LogP contribution is 2.39. The second-order valence-electron chi connectivity index (χ2n) is 8.53. The van der Waals surface area contributed by atoms with E-state index in [-0.39, 0.29) is 29.6 Å². The highest BCUT2D eigenvalue weighted by Gasteiger charge is 2.44. The van der Waals surface area contributed by atoms with Gasteiger partial charge in [0.15, 0.2) is 11.5 Å². The number of benzene rings is 2. The SMILES string of the molecule is COc1ccccc1NC(=O)N1CCC2(CC1)NC(C(=O)NCc1ccc3c(c1)OCO3)CS2. The molecule has 1 unspecified atom stereocenters. The van der Waals surface area contributed by atoms with Crippen molar-refractivity contribution in [2.45, 2.75) is 30.3 Å². The third-order valence-electron chi connectivity index (χ3n) is 6.39. The van der Waals surface area contributed by atoms with E-state index in [2.05, 4.69) is 16.0 Å². The number of thioether (sulfide) groups is 1. The summed E-state index contributed by atoms with van der Waals surface area (Å²) in [4.78, 5) is 27.2. The van der Waals surface area contributed by atoms with Crippen molar-refractivity contribution in [3.8, 4) is 17.2 Å². The molecule has 0 radical (unpaired) electrons. The molecule has 0 saturated carbocycles. The monoisotopic (exact) mass is 484 g/mol. The van der Waals surface area contributed by atoms with Crippen LogP contribution in [0.1, 0.15) is 18.4 Å². The van der Waals surface area contributed by atoms with E-state index >= 15 is 0 Å². The number of rotatable bonds is 5. The second-order valence-corrected chi connectivity index (χ2v) is 9.93. The number of likely N-dealkylation sites (tertiary alicyclic amines) is 1. The molecule has 3 aliphatic heterocycles. The second kappa shape index (κ2) is 9.63. The summed E-state index contributed by atoms with van der Waals surface area (Å²) in [5.41, 5.74) is 1.62. The summed E-state index contributed by atoms with van der Waals surface area (Å²) in [6.45, 7) is 1.90. The Balaban J connectivity index is 1.10. The minimum absolute atomic E-state index is 0.0154. The van der Waals surface area contributed by atoms with Crippen LogP contribution in [0.25, 0.3) is 0 Å². The molecule has 3 amide bonds. The lowest BCUT2D eigenvalue weighted by molar-refractivity contribution is -0.122. The van der Waals surface area contributed by atoms with E-state index < -0.39 is 0 Å². The first-order valence-corrected chi connectivity index (χ1v) is 12.3. The molecule has 3 aliphatic rings. The van der Waals surface area contributed by atoms with E-state index in [0.29, 0.717) is 42.6 Å². The lowest BCUT2D eigenvalue weighted by Crippen LogP contribution is -2.54. The number of carbonyl (C=O) groups excluding carboxylic acids is 2. The van der Waals surface area contributed by atoms with Crippen LogP contribution in [0.15, 0.2) is 42.5 Å². The molecule has 180 valence electrons. The first kappa shape index (κ1) is 22.7. The van der Waals surface area contributed by atoms with Crippen molar-refractivity contribution in [3.63, 3.8) is 0 Å². The largest absolute Gasteiger partial charge is 0.495 e. The molecule has 2 fully saturated rings. The van der Waals surface area contributed by atoms with Gasteiger partial charge in [0.2, 0.25) is 12.7 Å². The van der Waals surface area contributed by atoms with Gasteiger partial charge < -0.3 is 29.7 Å². The van der Waals surface area contributed by atoms with Crippen LogP contribution in [0.2, 0.25) is 0 Å². The quantitative estimate of drug-likeness (QED) is 0.600. The van der Waals surface area contributed by atoms with Gasteiger partial charge in [0.05, 0.1) is 23.7 Å². The predicted molar refractivity (Wildman–Crippen MR) is 129 cm³/mol. The summed E-state index contributed by atoms with van der Waals surface area (Å²) in [6, 6.07) is 12.7. The number of carbonyl (C=O) groups is 2. The van der Waals surface area contributed by atoms with Crippen molar-refractivity contribution in [2.24, 2.45) is 0 Å². The number of fused-ring (bicyclic) bond motifs is 1. The van der Waals surface area contributed by atoms with Gasteiger partial charge >= 0.3 is 6.03 Å². The molecule has 34 heavy (non-hydrogen) atoms. The minimum atomic E-state index is -0.257. The normalized spacial score (nSPS) is 20.3. The fourth-order valence-corrected chi connectivity index (χ4v) is 5.87. The summed E-state index contributed by atoms with van der Waals surface area (Å²) < 4.78 is 16.0. The van der Waals surface area contributed by atoms with Gasteiger partial charge in [-0.3, -0.25) is 10.1 Å². The summed E-state index contributed by atoms with van der Waals surface area (Å²) in [6.07, 6.45) is 1.56. The van der Waals surface area contributed by atoms with Gasteiger partial charge in [0.25, 0.3) is 0 Å². The molecule has 2 aromatic carbocycles. The molecule has 0 bridgehead atoms. The van der Waals surface area contributed by atoms with Crippen LogP contribution in [0.4, 0.5) is 10.5 Å². The minimum Gasteiger partial charge on any atom is -0.495 e.